The molecule has 0 atom stereocenters. The van der Waals surface area contributed by atoms with Crippen molar-refractivity contribution in [1.82, 2.24) is 4.98 Å². The van der Waals surface area contributed by atoms with E-state index >= 15 is 0 Å². The van der Waals surface area contributed by atoms with Gasteiger partial charge in [0, 0.05) is 16.2 Å². The molecule has 0 unspecified atom stereocenters. The van der Waals surface area contributed by atoms with E-state index in [1.54, 1.807) is 0 Å². The lowest BCUT2D eigenvalue weighted by molar-refractivity contribution is -0.388. The first-order chi connectivity index (χ1) is 7.66. The quantitative estimate of drug-likeness (QED) is 0.482. The summed E-state index contributed by atoms with van der Waals surface area (Å²) in [5.74, 6) is 0. The Morgan fingerprint density at radius 1 is 1.53 bits per heavy atom. The van der Waals surface area contributed by atoms with Crippen LogP contribution in [0.4, 0.5) is 14.5 Å². The number of hydrogen-bond donors (Lipinski definition) is 0. The van der Waals surface area contributed by atoms with E-state index in [4.69, 9.17) is 10.7 Å². The third-order valence-electron chi connectivity index (χ3n) is 1.93. The number of alkyl halides is 2. The Morgan fingerprint density at radius 3 is 2.41 bits per heavy atom. The second-order valence-electron chi connectivity index (χ2n) is 2.98. The molecule has 1 aromatic rings. The van der Waals surface area contributed by atoms with Gasteiger partial charge in [-0.25, -0.2) is 22.2 Å². The van der Waals surface area contributed by atoms with E-state index in [9.17, 15) is 27.3 Å². The zero-order valence-electron chi connectivity index (χ0n) is 8.22. The zero-order valence-corrected chi connectivity index (χ0v) is 9.80. The number of rotatable bonds is 3. The zero-order chi connectivity index (χ0) is 13.4. The molecule has 0 saturated carbocycles. The highest BCUT2D eigenvalue weighted by Gasteiger charge is 2.31. The largest absolute Gasteiger partial charge is 0.307 e. The molecule has 0 radical (unpaired) electrons. The van der Waals surface area contributed by atoms with Gasteiger partial charge in [-0.3, -0.25) is 10.1 Å². The maximum Gasteiger partial charge on any atom is 0.307 e. The molecule has 0 bridgehead atoms. The van der Waals surface area contributed by atoms with Crippen molar-refractivity contribution in [1.29, 1.82) is 0 Å². The van der Waals surface area contributed by atoms with Crippen LogP contribution in [-0.4, -0.2) is 18.3 Å². The maximum atomic E-state index is 12.5. The predicted molar refractivity (Wildman–Crippen MR) is 53.6 cm³/mol. The number of nitrogens with zero attached hydrogens (tertiary/aromatic N) is 2. The van der Waals surface area contributed by atoms with Crippen LogP contribution in [0.2, 0.25) is 0 Å². The van der Waals surface area contributed by atoms with Crippen molar-refractivity contribution in [2.75, 3.05) is 0 Å². The predicted octanol–water partition coefficient (Wildman–Crippen LogP) is 2.16. The van der Waals surface area contributed by atoms with E-state index in [0.29, 0.717) is 6.20 Å². The lowest BCUT2D eigenvalue weighted by Gasteiger charge is -2.07. The Morgan fingerprint density at radius 2 is 2.06 bits per heavy atom. The first-order valence-electron chi connectivity index (χ1n) is 4.03. The molecule has 0 aromatic carbocycles. The van der Waals surface area contributed by atoms with Crippen LogP contribution < -0.4 is 0 Å². The van der Waals surface area contributed by atoms with Gasteiger partial charge in [0.05, 0.1) is 4.92 Å². The highest BCUT2D eigenvalue weighted by atomic mass is 35.7. The summed E-state index contributed by atoms with van der Waals surface area (Å²) in [4.78, 5) is 11.7. The Balaban J connectivity index is 3.72. The van der Waals surface area contributed by atoms with Crippen LogP contribution in [0.1, 0.15) is 17.7 Å². The molecule has 1 aromatic heterocycles. The van der Waals surface area contributed by atoms with Crippen molar-refractivity contribution in [3.05, 3.63) is 27.6 Å². The third kappa shape index (κ3) is 2.67. The molecule has 17 heavy (non-hydrogen) atoms. The molecule has 6 nitrogen and oxygen atoms in total. The van der Waals surface area contributed by atoms with Crippen LogP contribution in [0, 0.1) is 17.0 Å². The van der Waals surface area contributed by atoms with E-state index in [-0.39, 0.29) is 0 Å². The number of pyridine rings is 1. The molecule has 0 aliphatic carbocycles. The van der Waals surface area contributed by atoms with Gasteiger partial charge in [0.2, 0.25) is 0 Å². The van der Waals surface area contributed by atoms with Gasteiger partial charge >= 0.3 is 5.69 Å². The Kier molecular flexibility index (Phi) is 3.62. The van der Waals surface area contributed by atoms with Crippen molar-refractivity contribution in [2.24, 2.45) is 0 Å². The van der Waals surface area contributed by atoms with E-state index in [1.807, 2.05) is 0 Å². The Labute approximate surface area is 98.8 Å². The second kappa shape index (κ2) is 4.49. The number of hydrogen-bond acceptors (Lipinski definition) is 5. The lowest BCUT2D eigenvalue weighted by atomic mass is 10.2. The number of halogens is 3. The van der Waals surface area contributed by atoms with Gasteiger partial charge in [0.15, 0.2) is 4.90 Å². The minimum absolute atomic E-state index is 0.448. The summed E-state index contributed by atoms with van der Waals surface area (Å²) in [6.07, 6.45) is -2.60. The molecule has 10 heteroatoms. The fourth-order valence-corrected chi connectivity index (χ4v) is 2.68. The summed E-state index contributed by atoms with van der Waals surface area (Å²) in [7, 11) is 0.477. The summed E-state index contributed by atoms with van der Waals surface area (Å²) in [6, 6.07) is 0. The monoisotopic (exact) mass is 286 g/mol. The fraction of sp³-hybridized carbons (Fsp3) is 0.286. The Bertz CT molecular complexity index is 575. The smallest absolute Gasteiger partial charge is 0.258 e. The summed E-state index contributed by atoms with van der Waals surface area (Å²) in [6.45, 7) is 0.983. The lowest BCUT2D eigenvalue weighted by Crippen LogP contribution is -2.06. The van der Waals surface area contributed by atoms with Gasteiger partial charge in [-0.2, -0.15) is 0 Å². The third-order valence-corrected chi connectivity index (χ3v) is 3.40. The summed E-state index contributed by atoms with van der Waals surface area (Å²) < 4.78 is 47.2. The van der Waals surface area contributed by atoms with E-state index < -0.39 is 42.2 Å². The summed E-state index contributed by atoms with van der Waals surface area (Å²) in [5, 5.41) is 10.6. The van der Waals surface area contributed by atoms with Crippen molar-refractivity contribution < 1.29 is 22.1 Å². The number of aromatic nitrogens is 1. The molecular formula is C7H5ClF2N2O4S. The average molecular weight is 287 g/mol. The van der Waals surface area contributed by atoms with Crippen LogP contribution in [0.5, 0.6) is 0 Å². The molecule has 1 heterocycles. The van der Waals surface area contributed by atoms with Crippen LogP contribution in [0.15, 0.2) is 11.1 Å². The van der Waals surface area contributed by atoms with Gasteiger partial charge < -0.3 is 0 Å². The van der Waals surface area contributed by atoms with Crippen molar-refractivity contribution in [2.45, 2.75) is 18.2 Å². The van der Waals surface area contributed by atoms with Gasteiger partial charge in [-0.05, 0) is 6.92 Å². The molecule has 0 spiro atoms. The van der Waals surface area contributed by atoms with Crippen molar-refractivity contribution >= 4 is 25.4 Å². The van der Waals surface area contributed by atoms with Gasteiger partial charge in [0.25, 0.3) is 15.5 Å². The minimum Gasteiger partial charge on any atom is -0.258 e. The van der Waals surface area contributed by atoms with Gasteiger partial charge in [-0.15, -0.1) is 0 Å². The van der Waals surface area contributed by atoms with Crippen LogP contribution in [-0.2, 0) is 9.05 Å². The number of nitro groups is 1. The molecular weight excluding hydrogens is 282 g/mol. The molecule has 94 valence electrons. The first kappa shape index (κ1) is 13.7. The second-order valence-corrected chi connectivity index (χ2v) is 5.48. The van der Waals surface area contributed by atoms with E-state index in [1.165, 1.54) is 0 Å². The Hall–Kier alpha value is -1.35. The van der Waals surface area contributed by atoms with Crippen LogP contribution in [0.3, 0.4) is 0 Å². The van der Waals surface area contributed by atoms with Crippen molar-refractivity contribution in [3.8, 4) is 0 Å². The SMILES string of the molecule is Cc1c(C(F)F)ncc([N+](=O)[O-])c1S(=O)(=O)Cl. The summed E-state index contributed by atoms with van der Waals surface area (Å²) in [5.41, 5.74) is -2.30. The topological polar surface area (TPSA) is 90.2 Å². The maximum absolute atomic E-state index is 12.5. The molecule has 0 amide bonds. The highest BCUT2D eigenvalue weighted by molar-refractivity contribution is 8.13. The van der Waals surface area contributed by atoms with E-state index in [2.05, 4.69) is 4.98 Å². The molecule has 0 aliphatic heterocycles. The van der Waals surface area contributed by atoms with Gasteiger partial charge in [0.1, 0.15) is 11.9 Å². The van der Waals surface area contributed by atoms with Crippen LogP contribution in [0.25, 0.3) is 0 Å². The molecule has 0 fully saturated rings. The van der Waals surface area contributed by atoms with E-state index in [0.717, 1.165) is 6.92 Å². The fourth-order valence-electron chi connectivity index (χ4n) is 1.25. The molecule has 1 rings (SSSR count). The van der Waals surface area contributed by atoms with Gasteiger partial charge in [-0.1, -0.05) is 0 Å². The minimum atomic E-state index is -4.51. The highest BCUT2D eigenvalue weighted by Crippen LogP contribution is 2.33. The van der Waals surface area contributed by atoms with Crippen molar-refractivity contribution in [3.63, 3.8) is 0 Å². The standard InChI is InChI=1S/C7H5ClF2N2O4S/c1-3-5(7(9)10)11-2-4(12(13)14)6(3)17(8,15)16/h2,7H,1H3. The molecule has 0 saturated heterocycles. The summed E-state index contributed by atoms with van der Waals surface area (Å²) >= 11 is 0. The normalized spacial score (nSPS) is 11.8. The van der Waals surface area contributed by atoms with Crippen LogP contribution >= 0.6 is 10.7 Å². The molecule has 0 aliphatic rings. The average Bonchev–Trinajstić information content (AvgIpc) is 2.14. The first-order valence-corrected chi connectivity index (χ1v) is 6.34. The molecule has 0 N–H and O–H groups in total.